The molecule has 0 radical (unpaired) electrons. The van der Waals surface area contributed by atoms with Gasteiger partial charge in [-0.05, 0) is 49.4 Å². The molecule has 0 N–H and O–H groups in total. The molecule has 1 saturated carbocycles. The number of halogens is 3. The lowest BCUT2D eigenvalue weighted by Crippen LogP contribution is -2.47. The summed E-state index contributed by atoms with van der Waals surface area (Å²) in [6, 6.07) is 12.9. The van der Waals surface area contributed by atoms with E-state index < -0.39 is 27.5 Å². The van der Waals surface area contributed by atoms with Crippen LogP contribution in [-0.4, -0.2) is 43.3 Å². The first-order valence-electron chi connectivity index (χ1n) is 11.8. The van der Waals surface area contributed by atoms with Crippen molar-refractivity contribution < 1.29 is 31.2 Å². The van der Waals surface area contributed by atoms with E-state index in [0.717, 1.165) is 12.1 Å². The maximum atomic E-state index is 13.2. The summed E-state index contributed by atoms with van der Waals surface area (Å²) in [6.45, 7) is 0.465. The van der Waals surface area contributed by atoms with Gasteiger partial charge in [0, 0.05) is 37.3 Å². The van der Waals surface area contributed by atoms with Crippen molar-refractivity contribution in [1.29, 1.82) is 0 Å². The van der Waals surface area contributed by atoms with Gasteiger partial charge in [0.25, 0.3) is 0 Å². The quantitative estimate of drug-likeness (QED) is 0.545. The average molecular weight is 508 g/mol. The molecule has 1 unspecified atom stereocenters. The topological polar surface area (TPSA) is 71.5 Å². The van der Waals surface area contributed by atoms with Crippen molar-refractivity contribution in [3.8, 4) is 0 Å². The third kappa shape index (κ3) is 5.94. The Balaban J connectivity index is 1.43. The molecule has 2 aromatic carbocycles. The van der Waals surface area contributed by atoms with Crippen molar-refractivity contribution in [2.75, 3.05) is 12.3 Å². The maximum Gasteiger partial charge on any atom is 0.416 e. The van der Waals surface area contributed by atoms with E-state index in [2.05, 4.69) is 0 Å². The van der Waals surface area contributed by atoms with Gasteiger partial charge < -0.3 is 4.90 Å². The van der Waals surface area contributed by atoms with Crippen molar-refractivity contribution in [3.05, 3.63) is 65.7 Å². The zero-order valence-corrected chi connectivity index (χ0v) is 20.0. The summed E-state index contributed by atoms with van der Waals surface area (Å²) in [6.07, 6.45) is -2.21. The van der Waals surface area contributed by atoms with Gasteiger partial charge in [-0.1, -0.05) is 36.4 Å². The highest BCUT2D eigenvalue weighted by atomic mass is 32.2. The van der Waals surface area contributed by atoms with Gasteiger partial charge in [-0.3, -0.25) is 9.59 Å². The summed E-state index contributed by atoms with van der Waals surface area (Å²) in [7, 11) is -3.62. The molecule has 0 spiro atoms. The van der Waals surface area contributed by atoms with E-state index in [1.54, 1.807) is 29.2 Å². The van der Waals surface area contributed by atoms with Crippen molar-refractivity contribution in [2.45, 2.75) is 55.6 Å². The first kappa shape index (κ1) is 25.4. The lowest BCUT2D eigenvalue weighted by atomic mass is 9.84. The minimum atomic E-state index is -4.41. The second-order valence-electron chi connectivity index (χ2n) is 9.46. The Hall–Kier alpha value is -2.68. The number of benzene rings is 2. The van der Waals surface area contributed by atoms with E-state index >= 15 is 0 Å². The van der Waals surface area contributed by atoms with Crippen LogP contribution in [0.4, 0.5) is 13.2 Å². The molecule has 2 fully saturated rings. The molecule has 188 valence electrons. The summed E-state index contributed by atoms with van der Waals surface area (Å²) in [4.78, 5) is 27.3. The first-order chi connectivity index (χ1) is 16.5. The predicted molar refractivity (Wildman–Crippen MR) is 124 cm³/mol. The van der Waals surface area contributed by atoms with Crippen LogP contribution in [0.5, 0.6) is 0 Å². The number of carbonyl (C=O) groups excluding carboxylic acids is 2. The molecule has 1 amide bonds. The summed E-state index contributed by atoms with van der Waals surface area (Å²) in [5.41, 5.74) is -0.176. The maximum absolute atomic E-state index is 13.2. The molecule has 35 heavy (non-hydrogen) atoms. The van der Waals surface area contributed by atoms with Gasteiger partial charge in [-0.25, -0.2) is 8.42 Å². The second kappa shape index (κ2) is 10.1. The van der Waals surface area contributed by atoms with E-state index in [0.29, 0.717) is 44.2 Å². The molecule has 1 aliphatic carbocycles. The number of hydrogen-bond acceptors (Lipinski definition) is 4. The number of ketones is 1. The zero-order valence-electron chi connectivity index (χ0n) is 19.2. The lowest BCUT2D eigenvalue weighted by molar-refractivity contribution is -0.138. The summed E-state index contributed by atoms with van der Waals surface area (Å²) >= 11 is 0. The standard InChI is InChI=1S/C26H28F3NO4S/c27-26(28,29)21-6-4-5-18(15-21)9-10-19-13-14-30(25(19)32)24-12-11-22(31)16-20(24)17-35(33,34)23-7-2-1-3-8-23/h1-8,15,19-20,24H,9-14,16-17H2/t19?,20-,24+/m0/s1. The van der Waals surface area contributed by atoms with Crippen LogP contribution in [0.2, 0.25) is 0 Å². The van der Waals surface area contributed by atoms with Crippen LogP contribution in [0, 0.1) is 11.8 Å². The highest BCUT2D eigenvalue weighted by Crippen LogP contribution is 2.35. The third-order valence-electron chi connectivity index (χ3n) is 7.08. The zero-order chi connectivity index (χ0) is 25.2. The molecular formula is C26H28F3NO4S. The van der Waals surface area contributed by atoms with Crippen molar-refractivity contribution in [1.82, 2.24) is 4.90 Å². The fourth-order valence-electron chi connectivity index (χ4n) is 5.27. The van der Waals surface area contributed by atoms with Gasteiger partial charge in [0.15, 0.2) is 9.84 Å². The number of carbonyl (C=O) groups is 2. The Kier molecular flexibility index (Phi) is 7.35. The fraction of sp³-hybridized carbons (Fsp3) is 0.462. The van der Waals surface area contributed by atoms with E-state index in [4.69, 9.17) is 0 Å². The monoisotopic (exact) mass is 507 g/mol. The molecule has 4 rings (SSSR count). The highest BCUT2D eigenvalue weighted by molar-refractivity contribution is 7.91. The summed E-state index contributed by atoms with van der Waals surface area (Å²) in [5, 5.41) is 0. The van der Waals surface area contributed by atoms with Crippen LogP contribution in [0.3, 0.4) is 0 Å². The SMILES string of the molecule is O=C1CC[C@@H](N2CCC(CCc3cccc(C(F)(F)F)c3)C2=O)[C@H](CS(=O)(=O)c2ccccc2)C1. The number of sulfone groups is 1. The van der Waals surface area contributed by atoms with Gasteiger partial charge in [0.05, 0.1) is 16.2 Å². The molecule has 0 bridgehead atoms. The van der Waals surface area contributed by atoms with Crippen LogP contribution in [0.25, 0.3) is 0 Å². The Morgan fingerprint density at radius 3 is 2.43 bits per heavy atom. The van der Waals surface area contributed by atoms with Crippen molar-refractivity contribution >= 4 is 21.5 Å². The van der Waals surface area contributed by atoms with Crippen molar-refractivity contribution in [3.63, 3.8) is 0 Å². The number of aryl methyl sites for hydroxylation is 1. The van der Waals surface area contributed by atoms with E-state index in [1.807, 2.05) is 0 Å². The number of alkyl halides is 3. The lowest BCUT2D eigenvalue weighted by Gasteiger charge is -2.37. The predicted octanol–water partition coefficient (Wildman–Crippen LogP) is 4.70. The van der Waals surface area contributed by atoms with Crippen LogP contribution in [0.1, 0.15) is 43.2 Å². The molecule has 1 heterocycles. The number of likely N-dealkylation sites (tertiary alicyclic amines) is 1. The minimum absolute atomic E-state index is 0.00209. The van der Waals surface area contributed by atoms with E-state index in [-0.39, 0.29) is 40.7 Å². The fourth-order valence-corrected chi connectivity index (χ4v) is 6.93. The summed E-state index contributed by atoms with van der Waals surface area (Å²) in [5.74, 6) is -1.10. The molecule has 5 nitrogen and oxygen atoms in total. The Labute approximate surface area is 203 Å². The van der Waals surface area contributed by atoms with Gasteiger partial charge in [-0.15, -0.1) is 0 Å². The minimum Gasteiger partial charge on any atom is -0.339 e. The molecule has 1 aliphatic heterocycles. The molecule has 9 heteroatoms. The second-order valence-corrected chi connectivity index (χ2v) is 11.5. The third-order valence-corrected chi connectivity index (χ3v) is 8.93. The molecule has 2 aromatic rings. The van der Waals surface area contributed by atoms with Crippen LogP contribution >= 0.6 is 0 Å². The number of amides is 1. The Bertz CT molecular complexity index is 1180. The van der Waals surface area contributed by atoms with Gasteiger partial charge in [0.2, 0.25) is 5.91 Å². The van der Waals surface area contributed by atoms with Crippen LogP contribution < -0.4 is 0 Å². The number of rotatable bonds is 7. The van der Waals surface area contributed by atoms with E-state index in [9.17, 15) is 31.2 Å². The summed E-state index contributed by atoms with van der Waals surface area (Å²) < 4.78 is 64.9. The Morgan fingerprint density at radius 1 is 0.971 bits per heavy atom. The van der Waals surface area contributed by atoms with Gasteiger partial charge in [-0.2, -0.15) is 13.2 Å². The number of Topliss-reactive ketones (excluding diaryl/α,β-unsaturated/α-hetero) is 1. The molecule has 2 aliphatic rings. The van der Waals surface area contributed by atoms with Crippen molar-refractivity contribution in [2.24, 2.45) is 11.8 Å². The van der Waals surface area contributed by atoms with Crippen LogP contribution in [-0.2, 0) is 32.0 Å². The molecule has 3 atom stereocenters. The molecule has 1 saturated heterocycles. The highest BCUT2D eigenvalue weighted by Gasteiger charge is 2.42. The number of hydrogen-bond donors (Lipinski definition) is 0. The van der Waals surface area contributed by atoms with E-state index in [1.165, 1.54) is 18.2 Å². The molecular weight excluding hydrogens is 479 g/mol. The smallest absolute Gasteiger partial charge is 0.339 e. The van der Waals surface area contributed by atoms with Gasteiger partial charge in [0.1, 0.15) is 5.78 Å². The number of nitrogens with zero attached hydrogens (tertiary/aromatic N) is 1. The largest absolute Gasteiger partial charge is 0.416 e. The average Bonchev–Trinajstić information content (AvgIpc) is 3.18. The first-order valence-corrected chi connectivity index (χ1v) is 13.5. The Morgan fingerprint density at radius 2 is 1.71 bits per heavy atom. The van der Waals surface area contributed by atoms with Gasteiger partial charge >= 0.3 is 6.18 Å². The normalized spacial score (nSPS) is 23.6. The van der Waals surface area contributed by atoms with Crippen LogP contribution in [0.15, 0.2) is 59.5 Å². The molecule has 0 aromatic heterocycles.